The predicted octanol–water partition coefficient (Wildman–Crippen LogP) is -1.42. The number of nitrogens with one attached hydrogen (secondary N) is 1. The SMILES string of the molecule is O=c1ccn(O[PH](=O)OP(=O)(O)OP(=O)(O)O)c(=O)[nH]1. The molecule has 0 aliphatic rings. The first kappa shape index (κ1) is 17.0. The van der Waals surface area contributed by atoms with E-state index in [-0.39, 0.29) is 4.73 Å². The monoisotopic (exact) mass is 352 g/mol. The molecule has 0 saturated heterocycles. The van der Waals surface area contributed by atoms with Gasteiger partial charge in [0.25, 0.3) is 5.56 Å². The average molecular weight is 352 g/mol. The van der Waals surface area contributed by atoms with E-state index in [0.29, 0.717) is 0 Å². The van der Waals surface area contributed by atoms with Crippen molar-refractivity contribution in [3.63, 3.8) is 0 Å². The van der Waals surface area contributed by atoms with Gasteiger partial charge >= 0.3 is 29.6 Å². The number of rotatable bonds is 6. The molecule has 0 bridgehead atoms. The van der Waals surface area contributed by atoms with Gasteiger partial charge in [0.1, 0.15) is 0 Å². The first-order valence-corrected chi connectivity index (χ1v) is 8.57. The van der Waals surface area contributed by atoms with Crippen molar-refractivity contribution in [2.75, 3.05) is 0 Å². The van der Waals surface area contributed by atoms with Crippen LogP contribution < -0.4 is 15.9 Å². The zero-order chi connectivity index (χ0) is 15.6. The van der Waals surface area contributed by atoms with E-state index in [1.807, 2.05) is 0 Å². The Labute approximate surface area is 109 Å². The van der Waals surface area contributed by atoms with Crippen molar-refractivity contribution < 1.29 is 41.6 Å². The second-order valence-electron chi connectivity index (χ2n) is 2.91. The maximum Gasteiger partial charge on any atom is 0.488 e. The summed E-state index contributed by atoms with van der Waals surface area (Å²) in [5.41, 5.74) is -1.95. The van der Waals surface area contributed by atoms with Gasteiger partial charge in [0.05, 0.1) is 6.20 Å². The highest BCUT2D eigenvalue weighted by atomic mass is 31.3. The lowest BCUT2D eigenvalue weighted by molar-refractivity contribution is 0.202. The summed E-state index contributed by atoms with van der Waals surface area (Å²) in [5, 5.41) is 0. The molecule has 1 aromatic rings. The largest absolute Gasteiger partial charge is 0.488 e. The van der Waals surface area contributed by atoms with Crippen LogP contribution in [0.5, 0.6) is 0 Å². The van der Waals surface area contributed by atoms with Crippen molar-refractivity contribution in [1.82, 2.24) is 9.71 Å². The lowest BCUT2D eigenvalue weighted by Crippen LogP contribution is -2.30. The highest BCUT2D eigenvalue weighted by Crippen LogP contribution is 2.61. The molecule has 16 heteroatoms. The van der Waals surface area contributed by atoms with E-state index in [0.717, 1.165) is 12.3 Å². The zero-order valence-corrected chi connectivity index (χ0v) is 11.9. The number of aromatic amines is 1. The topological polar surface area (TPSA) is 194 Å². The van der Waals surface area contributed by atoms with Crippen molar-refractivity contribution in [2.24, 2.45) is 0 Å². The van der Waals surface area contributed by atoms with Gasteiger partial charge in [-0.15, -0.1) is 4.73 Å². The summed E-state index contributed by atoms with van der Waals surface area (Å²) < 4.78 is 44.0. The summed E-state index contributed by atoms with van der Waals surface area (Å²) in [6.07, 6.45) is 0.735. The number of H-pyrrole nitrogens is 1. The molecule has 0 saturated carbocycles. The van der Waals surface area contributed by atoms with Gasteiger partial charge in [0.2, 0.25) is 0 Å². The summed E-state index contributed by atoms with van der Waals surface area (Å²) in [4.78, 5) is 48.9. The summed E-state index contributed by atoms with van der Waals surface area (Å²) in [5.74, 6) is 0. The minimum absolute atomic E-state index is 0.209. The van der Waals surface area contributed by atoms with Gasteiger partial charge in [-0.2, -0.15) is 8.62 Å². The van der Waals surface area contributed by atoms with E-state index in [2.05, 4.69) is 13.2 Å². The number of phosphoric acid groups is 2. The van der Waals surface area contributed by atoms with Gasteiger partial charge in [0.15, 0.2) is 0 Å². The Kier molecular flexibility index (Phi) is 5.25. The molecule has 0 aromatic carbocycles. The summed E-state index contributed by atoms with van der Waals surface area (Å²) in [6.45, 7) is 0. The van der Waals surface area contributed by atoms with Crippen LogP contribution in [0.2, 0.25) is 0 Å². The second-order valence-corrected chi connectivity index (χ2v) is 6.89. The molecule has 1 aromatic heterocycles. The van der Waals surface area contributed by atoms with Crippen molar-refractivity contribution in [1.29, 1.82) is 0 Å². The molecular weight excluding hydrogens is 345 g/mol. The molecule has 1 rings (SSSR count). The van der Waals surface area contributed by atoms with Gasteiger partial charge in [-0.3, -0.25) is 9.78 Å². The lowest BCUT2D eigenvalue weighted by atomic mass is 10.7. The number of hydrogen-bond donors (Lipinski definition) is 4. The molecule has 13 nitrogen and oxygen atoms in total. The molecule has 2 atom stereocenters. The van der Waals surface area contributed by atoms with Crippen molar-refractivity contribution >= 4 is 23.9 Å². The number of hydrogen-bond acceptors (Lipinski definition) is 8. The number of nitrogens with zero attached hydrogens (tertiary/aromatic N) is 1. The van der Waals surface area contributed by atoms with Gasteiger partial charge < -0.3 is 19.3 Å². The zero-order valence-electron chi connectivity index (χ0n) is 9.10. The van der Waals surface area contributed by atoms with E-state index in [1.54, 1.807) is 4.98 Å². The van der Waals surface area contributed by atoms with E-state index in [9.17, 15) is 23.3 Å². The highest BCUT2D eigenvalue weighted by Gasteiger charge is 2.35. The molecule has 0 amide bonds. The van der Waals surface area contributed by atoms with Crippen molar-refractivity contribution in [2.45, 2.75) is 0 Å². The molecule has 0 fully saturated rings. The van der Waals surface area contributed by atoms with Crippen LogP contribution in [0.15, 0.2) is 21.9 Å². The van der Waals surface area contributed by atoms with Gasteiger partial charge in [-0.1, -0.05) is 0 Å². The molecule has 1 heterocycles. The number of aromatic nitrogens is 2. The van der Waals surface area contributed by atoms with Gasteiger partial charge in [-0.05, 0) is 0 Å². The van der Waals surface area contributed by atoms with Gasteiger partial charge in [-0.25, -0.2) is 18.5 Å². The Hall–Kier alpha value is -1.03. The average Bonchev–Trinajstić information content (AvgIpc) is 2.17. The van der Waals surface area contributed by atoms with E-state index in [1.165, 1.54) is 0 Å². The third kappa shape index (κ3) is 5.95. The minimum atomic E-state index is -5.37. The van der Waals surface area contributed by atoms with Gasteiger partial charge in [0, 0.05) is 6.07 Å². The highest BCUT2D eigenvalue weighted by molar-refractivity contribution is 7.64. The van der Waals surface area contributed by atoms with E-state index >= 15 is 0 Å². The first-order chi connectivity index (χ1) is 8.98. The maximum atomic E-state index is 11.2. The smallest absolute Gasteiger partial charge is 0.330 e. The van der Waals surface area contributed by atoms with Crippen LogP contribution in [0.25, 0.3) is 0 Å². The molecule has 4 N–H and O–H groups in total. The molecule has 0 aliphatic heterocycles. The van der Waals surface area contributed by atoms with Crippen LogP contribution in [-0.2, 0) is 22.3 Å². The molecule has 114 valence electrons. The molecule has 20 heavy (non-hydrogen) atoms. The van der Waals surface area contributed by atoms with Crippen LogP contribution in [0.1, 0.15) is 0 Å². The summed E-state index contributed by atoms with van der Waals surface area (Å²) in [7, 11) is -14.6. The lowest BCUT2D eigenvalue weighted by Gasteiger charge is -2.12. The maximum absolute atomic E-state index is 11.2. The fraction of sp³-hybridized carbons (Fsp3) is 0. The third-order valence-electron chi connectivity index (χ3n) is 1.36. The Morgan fingerprint density at radius 3 is 2.35 bits per heavy atom. The van der Waals surface area contributed by atoms with Crippen LogP contribution in [0.4, 0.5) is 0 Å². The Balaban J connectivity index is 2.78. The minimum Gasteiger partial charge on any atom is -0.330 e. The molecule has 2 unspecified atom stereocenters. The Morgan fingerprint density at radius 2 is 1.85 bits per heavy atom. The molecular formula is C4H7N2O11P3. The predicted molar refractivity (Wildman–Crippen MR) is 60.9 cm³/mol. The fourth-order valence-electron chi connectivity index (χ4n) is 0.819. The molecule has 0 aliphatic carbocycles. The quantitative estimate of drug-likeness (QED) is 0.439. The Morgan fingerprint density at radius 1 is 1.25 bits per heavy atom. The summed E-state index contributed by atoms with van der Waals surface area (Å²) in [6, 6.07) is 0.807. The third-order valence-corrected chi connectivity index (χ3v) is 4.91. The molecule has 0 spiro atoms. The first-order valence-electron chi connectivity index (χ1n) is 4.32. The van der Waals surface area contributed by atoms with E-state index in [4.69, 9.17) is 14.7 Å². The van der Waals surface area contributed by atoms with Crippen LogP contribution in [0.3, 0.4) is 0 Å². The Bertz CT molecular complexity index is 713. The normalized spacial score (nSPS) is 16.4. The van der Waals surface area contributed by atoms with Crippen LogP contribution >= 0.6 is 23.9 Å². The van der Waals surface area contributed by atoms with E-state index < -0.39 is 35.1 Å². The van der Waals surface area contributed by atoms with Crippen LogP contribution in [-0.4, -0.2) is 24.4 Å². The fourth-order valence-corrected chi connectivity index (χ4v) is 3.52. The summed E-state index contributed by atoms with van der Waals surface area (Å²) >= 11 is 0. The van der Waals surface area contributed by atoms with Crippen molar-refractivity contribution in [3.05, 3.63) is 33.1 Å². The standard InChI is InChI=1S/C4H7N2O11P3/c7-3-1-2-6(4(8)5-3)15-18(9)16-20(13,14)17-19(10,11)12/h1-2,18H,(H,13,14)(H,5,7,8)(H2,10,11,12). The second kappa shape index (κ2) is 6.17. The van der Waals surface area contributed by atoms with Crippen LogP contribution in [0, 0.1) is 0 Å². The molecule has 0 radical (unpaired) electrons. The van der Waals surface area contributed by atoms with Crippen molar-refractivity contribution in [3.8, 4) is 0 Å².